The molecule has 154 valence electrons. The minimum Gasteiger partial charge on any atom is -0.496 e. The fourth-order valence-electron chi connectivity index (χ4n) is 4.39. The maximum absolute atomic E-state index is 13.3. The number of methoxy groups -OCH3 is 1. The SMILES string of the molecule is CCN(CC)C(=O)[C@H]1CCCc2c1c1c(OC)cccc1n2CCOS(C)=O. The minimum absolute atomic E-state index is 0.148. The van der Waals surface area contributed by atoms with Crippen molar-refractivity contribution in [2.75, 3.05) is 33.1 Å². The topological polar surface area (TPSA) is 60.8 Å². The number of ether oxygens (including phenoxy) is 1. The molecule has 0 radical (unpaired) electrons. The molecule has 0 saturated carbocycles. The first kappa shape index (κ1) is 20.9. The molecule has 0 fully saturated rings. The maximum Gasteiger partial charge on any atom is 0.230 e. The van der Waals surface area contributed by atoms with Crippen LogP contribution in [0.2, 0.25) is 0 Å². The van der Waals surface area contributed by atoms with Crippen LogP contribution in [-0.2, 0) is 33.0 Å². The van der Waals surface area contributed by atoms with Crippen LogP contribution in [-0.4, -0.2) is 52.6 Å². The lowest BCUT2D eigenvalue weighted by Crippen LogP contribution is -2.36. The normalized spacial score (nSPS) is 17.4. The number of rotatable bonds is 8. The molecule has 6 nitrogen and oxygen atoms in total. The quantitative estimate of drug-likeness (QED) is 0.675. The number of carbonyl (C=O) groups is 1. The molecule has 2 atom stereocenters. The molecule has 1 aliphatic rings. The standard InChI is InChI=1S/C21H30N2O4S/c1-5-22(6-2)21(24)15-9-7-10-16-19(15)20-17(11-8-12-18(20)26-3)23(16)13-14-27-28(4)25/h8,11-12,15H,5-7,9-10,13-14H2,1-4H3/t15-,28?/m0/s1. The van der Waals surface area contributed by atoms with Crippen LogP contribution in [0.4, 0.5) is 0 Å². The van der Waals surface area contributed by atoms with Crippen molar-refractivity contribution >= 4 is 27.9 Å². The highest BCUT2D eigenvalue weighted by Gasteiger charge is 2.34. The molecule has 1 amide bonds. The first-order chi connectivity index (χ1) is 13.5. The summed E-state index contributed by atoms with van der Waals surface area (Å²) in [6.07, 6.45) is 4.29. The molecule has 3 rings (SSSR count). The van der Waals surface area contributed by atoms with E-state index in [0.717, 1.165) is 41.5 Å². The van der Waals surface area contributed by atoms with Gasteiger partial charge in [-0.3, -0.25) is 8.98 Å². The lowest BCUT2D eigenvalue weighted by Gasteiger charge is -2.29. The predicted octanol–water partition coefficient (Wildman–Crippen LogP) is 3.25. The summed E-state index contributed by atoms with van der Waals surface area (Å²) in [5.74, 6) is 0.846. The summed E-state index contributed by atoms with van der Waals surface area (Å²) in [7, 11) is 1.67. The van der Waals surface area contributed by atoms with Gasteiger partial charge in [-0.15, -0.1) is 0 Å². The van der Waals surface area contributed by atoms with E-state index in [1.54, 1.807) is 7.11 Å². The van der Waals surface area contributed by atoms with Crippen LogP contribution >= 0.6 is 0 Å². The molecule has 0 aliphatic heterocycles. The van der Waals surface area contributed by atoms with Crippen LogP contribution in [0.5, 0.6) is 5.75 Å². The Morgan fingerprint density at radius 1 is 1.32 bits per heavy atom. The lowest BCUT2D eigenvalue weighted by atomic mass is 9.84. The number of aromatic nitrogens is 1. The van der Waals surface area contributed by atoms with Gasteiger partial charge in [-0.05, 0) is 50.8 Å². The van der Waals surface area contributed by atoms with Crippen LogP contribution in [0.25, 0.3) is 10.9 Å². The van der Waals surface area contributed by atoms with E-state index in [2.05, 4.69) is 10.6 Å². The van der Waals surface area contributed by atoms with Gasteiger partial charge >= 0.3 is 0 Å². The molecular weight excluding hydrogens is 376 g/mol. The maximum atomic E-state index is 13.3. The smallest absolute Gasteiger partial charge is 0.230 e. The zero-order valence-corrected chi connectivity index (χ0v) is 18.0. The summed E-state index contributed by atoms with van der Waals surface area (Å²) >= 11 is -1.29. The molecule has 1 aromatic carbocycles. The summed E-state index contributed by atoms with van der Waals surface area (Å²) in [5.41, 5.74) is 3.34. The predicted molar refractivity (Wildman–Crippen MR) is 112 cm³/mol. The number of nitrogens with zero attached hydrogens (tertiary/aromatic N) is 2. The van der Waals surface area contributed by atoms with E-state index in [1.165, 1.54) is 11.9 Å². The Kier molecular flexibility index (Phi) is 6.78. The highest BCUT2D eigenvalue weighted by molar-refractivity contribution is 7.79. The molecule has 0 N–H and O–H groups in total. The van der Waals surface area contributed by atoms with Crippen molar-refractivity contribution in [1.29, 1.82) is 0 Å². The van der Waals surface area contributed by atoms with Crippen molar-refractivity contribution < 1.29 is 17.9 Å². The molecule has 0 saturated heterocycles. The van der Waals surface area contributed by atoms with Gasteiger partial charge in [0.1, 0.15) is 5.75 Å². The molecule has 1 aliphatic carbocycles. The second-order valence-electron chi connectivity index (χ2n) is 7.05. The Labute approximate surface area is 169 Å². The van der Waals surface area contributed by atoms with E-state index in [9.17, 15) is 9.00 Å². The zero-order chi connectivity index (χ0) is 20.3. The Hall–Kier alpha value is -1.86. The number of hydrogen-bond acceptors (Lipinski definition) is 4. The van der Waals surface area contributed by atoms with Crippen LogP contribution in [0.15, 0.2) is 18.2 Å². The number of hydrogen-bond donors (Lipinski definition) is 0. The van der Waals surface area contributed by atoms with E-state index in [0.29, 0.717) is 26.2 Å². The Morgan fingerprint density at radius 3 is 2.71 bits per heavy atom. The largest absolute Gasteiger partial charge is 0.496 e. The van der Waals surface area contributed by atoms with E-state index in [4.69, 9.17) is 8.92 Å². The van der Waals surface area contributed by atoms with Crippen molar-refractivity contribution in [3.63, 3.8) is 0 Å². The number of carbonyl (C=O) groups excluding carboxylic acids is 1. The molecule has 1 heterocycles. The van der Waals surface area contributed by atoms with E-state index in [1.807, 2.05) is 30.9 Å². The summed E-state index contributed by atoms with van der Waals surface area (Å²) in [5, 5.41) is 1.03. The van der Waals surface area contributed by atoms with Gasteiger partial charge in [-0.25, -0.2) is 4.21 Å². The third kappa shape index (κ3) is 3.82. The fourth-order valence-corrected chi connectivity index (χ4v) is 4.70. The highest BCUT2D eigenvalue weighted by atomic mass is 32.2. The van der Waals surface area contributed by atoms with Gasteiger partial charge in [-0.1, -0.05) is 6.07 Å². The monoisotopic (exact) mass is 406 g/mol. The summed E-state index contributed by atoms with van der Waals surface area (Å²) in [6.45, 7) is 6.45. The Bertz CT molecular complexity index is 873. The Morgan fingerprint density at radius 2 is 2.07 bits per heavy atom. The van der Waals surface area contributed by atoms with Gasteiger partial charge in [0.05, 0.1) is 25.2 Å². The van der Waals surface area contributed by atoms with Crippen LogP contribution in [0.3, 0.4) is 0 Å². The number of fused-ring (bicyclic) bond motifs is 3. The first-order valence-corrected chi connectivity index (χ1v) is 11.4. The zero-order valence-electron chi connectivity index (χ0n) is 17.2. The molecule has 2 aromatic rings. The van der Waals surface area contributed by atoms with Crippen LogP contribution in [0.1, 0.15) is 43.9 Å². The van der Waals surface area contributed by atoms with Crippen molar-refractivity contribution in [1.82, 2.24) is 9.47 Å². The van der Waals surface area contributed by atoms with E-state index in [-0.39, 0.29) is 11.8 Å². The molecule has 0 bridgehead atoms. The fraction of sp³-hybridized carbons (Fsp3) is 0.571. The lowest BCUT2D eigenvalue weighted by molar-refractivity contribution is -0.132. The second-order valence-corrected chi connectivity index (χ2v) is 8.08. The second kappa shape index (κ2) is 9.09. The highest BCUT2D eigenvalue weighted by Crippen LogP contribution is 2.43. The molecule has 1 unspecified atom stereocenters. The van der Waals surface area contributed by atoms with Crippen LogP contribution in [0, 0.1) is 0 Å². The van der Waals surface area contributed by atoms with E-state index >= 15 is 0 Å². The molecule has 1 aromatic heterocycles. The van der Waals surface area contributed by atoms with Gasteiger partial charge in [0.25, 0.3) is 0 Å². The molecular formula is C21H30N2O4S. The van der Waals surface area contributed by atoms with Gasteiger partial charge < -0.3 is 14.2 Å². The summed E-state index contributed by atoms with van der Waals surface area (Å²) in [4.78, 5) is 15.2. The summed E-state index contributed by atoms with van der Waals surface area (Å²) in [6, 6.07) is 6.00. The van der Waals surface area contributed by atoms with Crippen molar-refractivity contribution in [3.8, 4) is 5.75 Å². The average Bonchev–Trinajstić information content (AvgIpc) is 3.02. The average molecular weight is 407 g/mol. The third-order valence-corrected chi connectivity index (χ3v) is 6.11. The minimum atomic E-state index is -1.29. The first-order valence-electron chi connectivity index (χ1n) is 9.96. The van der Waals surface area contributed by atoms with Crippen molar-refractivity contribution in [2.45, 2.75) is 45.6 Å². The molecule has 0 spiro atoms. The Balaban J connectivity index is 2.14. The number of amides is 1. The van der Waals surface area contributed by atoms with Crippen LogP contribution < -0.4 is 4.74 Å². The van der Waals surface area contributed by atoms with Gasteiger partial charge in [0, 0.05) is 37.0 Å². The number of likely N-dealkylation sites (N-methyl/N-ethyl adjacent to an activating group) is 1. The van der Waals surface area contributed by atoms with Gasteiger partial charge in [0.2, 0.25) is 5.91 Å². The van der Waals surface area contributed by atoms with E-state index < -0.39 is 11.1 Å². The van der Waals surface area contributed by atoms with Crippen molar-refractivity contribution in [2.24, 2.45) is 0 Å². The number of benzene rings is 1. The third-order valence-electron chi connectivity index (χ3n) is 5.61. The van der Waals surface area contributed by atoms with Gasteiger partial charge in [-0.2, -0.15) is 0 Å². The van der Waals surface area contributed by atoms with Gasteiger partial charge in [0.15, 0.2) is 11.1 Å². The summed E-state index contributed by atoms with van der Waals surface area (Å²) < 4.78 is 24.5. The molecule has 7 heteroatoms. The van der Waals surface area contributed by atoms with Crippen molar-refractivity contribution in [3.05, 3.63) is 29.5 Å². The molecule has 28 heavy (non-hydrogen) atoms.